The highest BCUT2D eigenvalue weighted by molar-refractivity contribution is 7.91. The van der Waals surface area contributed by atoms with E-state index in [0.29, 0.717) is 24.6 Å². The molecule has 1 aliphatic rings. The molecule has 0 aliphatic carbocycles. The van der Waals surface area contributed by atoms with Crippen LogP contribution in [0.3, 0.4) is 0 Å². The first kappa shape index (κ1) is 12.9. The topological polar surface area (TPSA) is 64.6 Å². The van der Waals surface area contributed by atoms with E-state index in [9.17, 15) is 8.42 Å². The van der Waals surface area contributed by atoms with E-state index in [-0.39, 0.29) is 12.2 Å². The lowest BCUT2D eigenvalue weighted by atomic mass is 10.1. The van der Waals surface area contributed by atoms with E-state index in [1.807, 2.05) is 0 Å². The van der Waals surface area contributed by atoms with Gasteiger partial charge in [0.25, 0.3) is 0 Å². The van der Waals surface area contributed by atoms with Crippen molar-refractivity contribution in [3.63, 3.8) is 0 Å². The molecule has 1 unspecified atom stereocenters. The molecule has 1 saturated heterocycles. The van der Waals surface area contributed by atoms with Crippen molar-refractivity contribution >= 4 is 9.84 Å². The first-order valence-corrected chi connectivity index (χ1v) is 6.86. The van der Waals surface area contributed by atoms with Crippen LogP contribution in [0.25, 0.3) is 0 Å². The van der Waals surface area contributed by atoms with Crippen LogP contribution in [0.15, 0.2) is 0 Å². The third kappa shape index (κ3) is 4.46. The Labute approximate surface area is 91.1 Å². The maximum atomic E-state index is 11.2. The average Bonchev–Trinajstić information content (AvgIpc) is 2.53. The van der Waals surface area contributed by atoms with Gasteiger partial charge in [0, 0.05) is 20.8 Å². The highest BCUT2D eigenvalue weighted by atomic mass is 32.2. The van der Waals surface area contributed by atoms with Gasteiger partial charge in [-0.05, 0) is 18.9 Å². The molecule has 0 amide bonds. The maximum absolute atomic E-state index is 11.2. The van der Waals surface area contributed by atoms with Crippen molar-refractivity contribution in [3.05, 3.63) is 0 Å². The molecule has 1 aliphatic heterocycles. The van der Waals surface area contributed by atoms with Gasteiger partial charge in [-0.2, -0.15) is 0 Å². The number of hydrogen-bond acceptors (Lipinski definition) is 5. The minimum Gasteiger partial charge on any atom is -0.355 e. The smallest absolute Gasteiger partial charge is 0.169 e. The zero-order valence-electron chi connectivity index (χ0n) is 9.23. The third-order valence-corrected chi connectivity index (χ3v) is 4.43. The van der Waals surface area contributed by atoms with Crippen LogP contribution in [-0.2, 0) is 19.3 Å². The van der Waals surface area contributed by atoms with Gasteiger partial charge in [0.2, 0.25) is 0 Å². The largest absolute Gasteiger partial charge is 0.355 e. The number of hydrogen-bond donors (Lipinski definition) is 1. The predicted octanol–water partition coefficient (Wildman–Crippen LogP) is -0.370. The molecule has 5 nitrogen and oxygen atoms in total. The standard InChI is InChI=1S/C9H19NO4S/c1-13-9(14-2)6-10-5-8-3-4-15(11,12)7-8/h8-10H,3-7H2,1-2H3. The lowest BCUT2D eigenvalue weighted by Crippen LogP contribution is -2.33. The molecule has 0 bridgehead atoms. The van der Waals surface area contributed by atoms with Crippen LogP contribution in [0.5, 0.6) is 0 Å². The molecule has 0 aromatic rings. The van der Waals surface area contributed by atoms with Gasteiger partial charge < -0.3 is 14.8 Å². The molecular formula is C9H19NO4S. The van der Waals surface area contributed by atoms with E-state index in [0.717, 1.165) is 6.42 Å². The van der Waals surface area contributed by atoms with Crippen LogP contribution in [0.1, 0.15) is 6.42 Å². The van der Waals surface area contributed by atoms with Crippen LogP contribution < -0.4 is 5.32 Å². The molecule has 0 radical (unpaired) electrons. The summed E-state index contributed by atoms with van der Waals surface area (Å²) < 4.78 is 32.4. The van der Waals surface area contributed by atoms with Crippen molar-refractivity contribution < 1.29 is 17.9 Å². The Morgan fingerprint density at radius 3 is 2.53 bits per heavy atom. The van der Waals surface area contributed by atoms with E-state index in [1.165, 1.54) is 0 Å². The summed E-state index contributed by atoms with van der Waals surface area (Å²) >= 11 is 0. The van der Waals surface area contributed by atoms with Crippen LogP contribution >= 0.6 is 0 Å². The number of ether oxygens (including phenoxy) is 2. The Hall–Kier alpha value is -0.170. The number of methoxy groups -OCH3 is 2. The van der Waals surface area contributed by atoms with Crippen molar-refractivity contribution in [1.82, 2.24) is 5.32 Å². The van der Waals surface area contributed by atoms with Crippen molar-refractivity contribution in [2.75, 3.05) is 38.8 Å². The van der Waals surface area contributed by atoms with E-state index in [2.05, 4.69) is 5.32 Å². The number of nitrogens with one attached hydrogen (secondary N) is 1. The zero-order valence-corrected chi connectivity index (χ0v) is 10.0. The minimum atomic E-state index is -2.76. The highest BCUT2D eigenvalue weighted by Crippen LogP contribution is 2.17. The quantitative estimate of drug-likeness (QED) is 0.639. The van der Waals surface area contributed by atoms with Crippen LogP contribution in [-0.4, -0.2) is 53.5 Å². The SMILES string of the molecule is COC(CNCC1CCS(=O)(=O)C1)OC. The Kier molecular flexibility index (Phi) is 4.98. The second-order valence-electron chi connectivity index (χ2n) is 3.83. The summed E-state index contributed by atoms with van der Waals surface area (Å²) in [6, 6.07) is 0. The third-order valence-electron chi connectivity index (χ3n) is 2.60. The number of sulfone groups is 1. The van der Waals surface area contributed by atoms with Gasteiger partial charge in [-0.15, -0.1) is 0 Å². The van der Waals surface area contributed by atoms with E-state index >= 15 is 0 Å². The summed E-state index contributed by atoms with van der Waals surface area (Å²) in [6.45, 7) is 1.30. The van der Waals surface area contributed by atoms with E-state index in [4.69, 9.17) is 9.47 Å². The second kappa shape index (κ2) is 5.79. The fourth-order valence-electron chi connectivity index (χ4n) is 1.70. The van der Waals surface area contributed by atoms with Crippen molar-refractivity contribution in [1.29, 1.82) is 0 Å². The molecule has 1 heterocycles. The summed E-state index contributed by atoms with van der Waals surface area (Å²) in [4.78, 5) is 0. The molecule has 15 heavy (non-hydrogen) atoms. The first-order valence-electron chi connectivity index (χ1n) is 5.04. The molecule has 1 N–H and O–H groups in total. The Bertz CT molecular complexity index is 274. The summed E-state index contributed by atoms with van der Waals surface area (Å²) in [5, 5.41) is 3.15. The lowest BCUT2D eigenvalue weighted by molar-refractivity contribution is -0.0989. The molecule has 1 atom stereocenters. The molecule has 0 saturated carbocycles. The number of rotatable bonds is 6. The van der Waals surface area contributed by atoms with Crippen molar-refractivity contribution in [2.45, 2.75) is 12.7 Å². The van der Waals surface area contributed by atoms with Gasteiger partial charge in [-0.3, -0.25) is 0 Å². The zero-order chi connectivity index (χ0) is 11.3. The Balaban J connectivity index is 2.16. The van der Waals surface area contributed by atoms with Gasteiger partial charge in [-0.25, -0.2) is 8.42 Å². The van der Waals surface area contributed by atoms with Crippen LogP contribution in [0.4, 0.5) is 0 Å². The van der Waals surface area contributed by atoms with Gasteiger partial charge in [0.1, 0.15) is 0 Å². The van der Waals surface area contributed by atoms with Crippen molar-refractivity contribution in [2.24, 2.45) is 5.92 Å². The van der Waals surface area contributed by atoms with Crippen LogP contribution in [0, 0.1) is 5.92 Å². The fraction of sp³-hybridized carbons (Fsp3) is 1.00. The molecular weight excluding hydrogens is 218 g/mol. The fourth-order valence-corrected chi connectivity index (χ4v) is 3.56. The Morgan fingerprint density at radius 1 is 1.40 bits per heavy atom. The molecule has 90 valence electrons. The van der Waals surface area contributed by atoms with E-state index < -0.39 is 9.84 Å². The maximum Gasteiger partial charge on any atom is 0.169 e. The lowest BCUT2D eigenvalue weighted by Gasteiger charge is -2.15. The molecule has 0 aromatic heterocycles. The Morgan fingerprint density at radius 2 is 2.07 bits per heavy atom. The average molecular weight is 237 g/mol. The molecule has 0 aromatic carbocycles. The molecule has 1 rings (SSSR count). The first-order chi connectivity index (χ1) is 7.07. The highest BCUT2D eigenvalue weighted by Gasteiger charge is 2.27. The van der Waals surface area contributed by atoms with Gasteiger partial charge in [0.05, 0.1) is 11.5 Å². The van der Waals surface area contributed by atoms with E-state index in [1.54, 1.807) is 14.2 Å². The predicted molar refractivity (Wildman–Crippen MR) is 57.4 cm³/mol. The summed E-state index contributed by atoms with van der Waals surface area (Å²) in [7, 11) is 0.399. The molecule has 0 spiro atoms. The van der Waals surface area contributed by atoms with Crippen molar-refractivity contribution in [3.8, 4) is 0 Å². The monoisotopic (exact) mass is 237 g/mol. The van der Waals surface area contributed by atoms with Gasteiger partial charge in [0.15, 0.2) is 16.1 Å². The van der Waals surface area contributed by atoms with Crippen LogP contribution in [0.2, 0.25) is 0 Å². The molecule has 1 fully saturated rings. The van der Waals surface area contributed by atoms with Gasteiger partial charge in [-0.1, -0.05) is 0 Å². The second-order valence-corrected chi connectivity index (χ2v) is 6.06. The summed E-state index contributed by atoms with van der Waals surface area (Å²) in [5.74, 6) is 0.881. The van der Waals surface area contributed by atoms with Gasteiger partial charge >= 0.3 is 0 Å². The summed E-state index contributed by atoms with van der Waals surface area (Å²) in [6.07, 6.45) is 0.503. The normalized spacial score (nSPS) is 24.9. The summed E-state index contributed by atoms with van der Waals surface area (Å²) in [5.41, 5.74) is 0. The minimum absolute atomic E-state index is 0.240. The molecule has 6 heteroatoms.